The van der Waals surface area contributed by atoms with Gasteiger partial charge in [0.15, 0.2) is 0 Å². The van der Waals surface area contributed by atoms with Crippen LogP contribution in [0.2, 0.25) is 0 Å². The molecule has 0 amide bonds. The highest BCUT2D eigenvalue weighted by atomic mass is 14.2. The largest absolute Gasteiger partial charge is 0.132 e. The summed E-state index contributed by atoms with van der Waals surface area (Å²) in [4.78, 5) is 0. The number of rotatable bonds is 2. The molecule has 0 unspecified atom stereocenters. The minimum atomic E-state index is 0.381. The van der Waals surface area contributed by atoms with Crippen molar-refractivity contribution in [3.05, 3.63) is 41.3 Å². The van der Waals surface area contributed by atoms with Gasteiger partial charge in [-0.25, -0.2) is 0 Å². The Morgan fingerprint density at radius 1 is 1.00 bits per heavy atom. The van der Waals surface area contributed by atoms with Crippen molar-refractivity contribution in [3.63, 3.8) is 0 Å². The normalized spacial score (nSPS) is 11.5. The van der Waals surface area contributed by atoms with Crippen molar-refractivity contribution < 1.29 is 0 Å². The molecule has 1 rings (SSSR count). The van der Waals surface area contributed by atoms with E-state index < -0.39 is 0 Å². The predicted molar refractivity (Wildman–Crippen MR) is 63.3 cm³/mol. The molecule has 0 radical (unpaired) electrons. The van der Waals surface area contributed by atoms with E-state index >= 15 is 0 Å². The molecule has 1 aromatic rings. The van der Waals surface area contributed by atoms with E-state index in [-0.39, 0.29) is 0 Å². The topological polar surface area (TPSA) is 0 Å². The molecule has 76 valence electrons. The van der Waals surface area contributed by atoms with Crippen LogP contribution in [-0.2, 0) is 6.42 Å². The fourth-order valence-electron chi connectivity index (χ4n) is 1.57. The molecule has 0 N–H and O–H groups in total. The summed E-state index contributed by atoms with van der Waals surface area (Å²) in [6, 6.07) is 8.92. The van der Waals surface area contributed by atoms with Crippen LogP contribution >= 0.6 is 0 Å². The van der Waals surface area contributed by atoms with Gasteiger partial charge in [-0.1, -0.05) is 20.8 Å². The minimum Gasteiger partial charge on any atom is -0.0599 e. The van der Waals surface area contributed by atoms with Gasteiger partial charge in [0.1, 0.15) is 5.56 Å². The van der Waals surface area contributed by atoms with Crippen molar-refractivity contribution in [3.8, 4) is 0 Å². The first-order valence-corrected chi connectivity index (χ1v) is 5.28. The van der Waals surface area contributed by atoms with E-state index in [0.717, 1.165) is 6.42 Å². The van der Waals surface area contributed by atoms with Gasteiger partial charge in [0.05, 0.1) is 0 Å². The first-order valence-electron chi connectivity index (χ1n) is 5.28. The van der Waals surface area contributed by atoms with E-state index in [1.807, 2.05) is 0 Å². The van der Waals surface area contributed by atoms with Gasteiger partial charge < -0.3 is 0 Å². The number of hydrogen-bond donors (Lipinski definition) is 0. The van der Waals surface area contributed by atoms with Crippen molar-refractivity contribution >= 4 is 0 Å². The van der Waals surface area contributed by atoms with Crippen molar-refractivity contribution in [1.82, 2.24) is 0 Å². The molecule has 0 fully saturated rings. The van der Waals surface area contributed by atoms with E-state index in [9.17, 15) is 0 Å². The summed E-state index contributed by atoms with van der Waals surface area (Å²) < 4.78 is 0. The lowest BCUT2D eigenvalue weighted by Crippen LogP contribution is -2.09. The third-order valence-electron chi connectivity index (χ3n) is 2.27. The summed E-state index contributed by atoms with van der Waals surface area (Å²) in [6.07, 6.45) is 1.15. The van der Waals surface area contributed by atoms with Crippen molar-refractivity contribution in [1.29, 1.82) is 0 Å². The third-order valence-corrected chi connectivity index (χ3v) is 2.27. The van der Waals surface area contributed by atoms with E-state index in [4.69, 9.17) is 0 Å². The van der Waals surface area contributed by atoms with Gasteiger partial charge in [-0.3, -0.25) is 0 Å². The zero-order chi connectivity index (χ0) is 10.8. The molecular formula is C14H21+. The van der Waals surface area contributed by atoms with Gasteiger partial charge >= 0.3 is 0 Å². The van der Waals surface area contributed by atoms with Crippen LogP contribution in [0.25, 0.3) is 0 Å². The molecule has 14 heavy (non-hydrogen) atoms. The lowest BCUT2D eigenvalue weighted by Gasteiger charge is -2.17. The van der Waals surface area contributed by atoms with E-state index in [1.54, 1.807) is 0 Å². The standard InChI is InChI=1S/C14H21/c1-11(2)13-8-6-12(7-9-13)10-14(3,4)5/h6-9H,10H2,1-5H3/q+1. The summed E-state index contributed by atoms with van der Waals surface area (Å²) in [6.45, 7) is 11.1. The van der Waals surface area contributed by atoms with E-state index in [0.29, 0.717) is 5.41 Å². The summed E-state index contributed by atoms with van der Waals surface area (Å²) >= 11 is 0. The smallest absolute Gasteiger partial charge is 0.0599 e. The van der Waals surface area contributed by atoms with Crippen LogP contribution in [0.4, 0.5) is 0 Å². The second-order valence-corrected chi connectivity index (χ2v) is 5.43. The zero-order valence-corrected chi connectivity index (χ0v) is 10.0. The van der Waals surface area contributed by atoms with Crippen molar-refractivity contribution in [2.75, 3.05) is 0 Å². The van der Waals surface area contributed by atoms with Crippen LogP contribution in [0.5, 0.6) is 0 Å². The van der Waals surface area contributed by atoms with Crippen LogP contribution in [0.3, 0.4) is 0 Å². The number of benzene rings is 1. The average Bonchev–Trinajstić information content (AvgIpc) is 2.02. The van der Waals surface area contributed by atoms with Crippen molar-refractivity contribution in [2.45, 2.75) is 41.0 Å². The highest BCUT2D eigenvalue weighted by Gasteiger charge is 2.13. The Bertz CT molecular complexity index is 272. The molecule has 0 nitrogen and oxygen atoms in total. The van der Waals surface area contributed by atoms with E-state index in [1.165, 1.54) is 17.0 Å². The fourth-order valence-corrected chi connectivity index (χ4v) is 1.57. The minimum absolute atomic E-state index is 0.381. The molecule has 0 spiro atoms. The van der Waals surface area contributed by atoms with Crippen LogP contribution in [-0.4, -0.2) is 0 Å². The van der Waals surface area contributed by atoms with Gasteiger partial charge in [0, 0.05) is 31.9 Å². The third kappa shape index (κ3) is 3.45. The Kier molecular flexibility index (Phi) is 3.25. The maximum atomic E-state index is 2.28. The SMILES string of the molecule is C[C+](C)c1ccc(CC(C)(C)C)cc1. The average molecular weight is 189 g/mol. The molecule has 0 heteroatoms. The quantitative estimate of drug-likeness (QED) is 0.610. The van der Waals surface area contributed by atoms with Crippen LogP contribution in [0, 0.1) is 11.3 Å². The zero-order valence-electron chi connectivity index (χ0n) is 10.0. The Hall–Kier alpha value is -0.910. The fraction of sp³-hybridized carbons (Fsp3) is 0.500. The highest BCUT2D eigenvalue weighted by Crippen LogP contribution is 2.22. The summed E-state index contributed by atoms with van der Waals surface area (Å²) in [7, 11) is 0. The lowest BCUT2D eigenvalue weighted by molar-refractivity contribution is 0.411. The van der Waals surface area contributed by atoms with Crippen LogP contribution in [0.1, 0.15) is 45.7 Å². The summed E-state index contributed by atoms with van der Waals surface area (Å²) in [5.74, 6) is 1.38. The maximum absolute atomic E-state index is 2.28. The van der Waals surface area contributed by atoms with Gasteiger partial charge in [-0.15, -0.1) is 0 Å². The molecule has 0 aromatic heterocycles. The first-order chi connectivity index (χ1) is 6.38. The number of hydrogen-bond acceptors (Lipinski definition) is 0. The molecule has 0 aliphatic heterocycles. The molecule has 0 aliphatic carbocycles. The van der Waals surface area contributed by atoms with Gasteiger partial charge in [0.25, 0.3) is 0 Å². The van der Waals surface area contributed by atoms with Gasteiger partial charge in [-0.05, 0) is 29.5 Å². The molecule has 0 saturated heterocycles. The monoisotopic (exact) mass is 189 g/mol. The predicted octanol–water partition coefficient (Wildman–Crippen LogP) is 4.24. The Morgan fingerprint density at radius 3 is 1.86 bits per heavy atom. The Labute approximate surface area is 88.4 Å². The second-order valence-electron chi connectivity index (χ2n) is 5.43. The summed E-state index contributed by atoms with van der Waals surface area (Å²) in [5, 5.41) is 0. The van der Waals surface area contributed by atoms with E-state index in [2.05, 4.69) is 58.9 Å². The Balaban J connectivity index is 2.74. The Morgan fingerprint density at radius 2 is 1.50 bits per heavy atom. The van der Waals surface area contributed by atoms with Crippen LogP contribution < -0.4 is 0 Å². The van der Waals surface area contributed by atoms with Gasteiger partial charge in [0.2, 0.25) is 0 Å². The molecule has 0 heterocycles. The lowest BCUT2D eigenvalue weighted by atomic mass is 9.87. The molecular weight excluding hydrogens is 168 g/mol. The highest BCUT2D eigenvalue weighted by molar-refractivity contribution is 5.31. The second kappa shape index (κ2) is 4.08. The maximum Gasteiger partial charge on any atom is 0.132 e. The first kappa shape index (κ1) is 11.2. The van der Waals surface area contributed by atoms with Gasteiger partial charge in [-0.2, -0.15) is 0 Å². The molecule has 0 atom stereocenters. The molecule has 0 saturated carbocycles. The molecule has 1 aromatic carbocycles. The van der Waals surface area contributed by atoms with Crippen molar-refractivity contribution in [2.24, 2.45) is 5.41 Å². The molecule has 0 bridgehead atoms. The molecule has 0 aliphatic rings. The van der Waals surface area contributed by atoms with Crippen LogP contribution in [0.15, 0.2) is 24.3 Å². The summed E-state index contributed by atoms with van der Waals surface area (Å²) in [5.41, 5.74) is 3.16.